The summed E-state index contributed by atoms with van der Waals surface area (Å²) in [5, 5.41) is 0. The summed E-state index contributed by atoms with van der Waals surface area (Å²) in [5.41, 5.74) is 2.15. The van der Waals surface area contributed by atoms with Crippen LogP contribution < -0.4 is 4.74 Å². The fourth-order valence-corrected chi connectivity index (χ4v) is 3.23. The van der Waals surface area contributed by atoms with E-state index in [0.717, 1.165) is 36.6 Å². The van der Waals surface area contributed by atoms with Crippen LogP contribution in [0.1, 0.15) is 24.2 Å². The van der Waals surface area contributed by atoms with Gasteiger partial charge in [-0.25, -0.2) is 0 Å². The molecule has 24 heavy (non-hydrogen) atoms. The van der Waals surface area contributed by atoms with Gasteiger partial charge in [0.05, 0.1) is 18.8 Å². The summed E-state index contributed by atoms with van der Waals surface area (Å²) < 4.78 is 5.55. The van der Waals surface area contributed by atoms with Crippen molar-refractivity contribution in [3.63, 3.8) is 0 Å². The number of hydrogen-bond donors (Lipinski definition) is 0. The molecule has 1 aromatic heterocycles. The van der Waals surface area contributed by atoms with E-state index < -0.39 is 0 Å². The van der Waals surface area contributed by atoms with Gasteiger partial charge in [-0.3, -0.25) is 14.7 Å². The molecule has 0 unspecified atom stereocenters. The van der Waals surface area contributed by atoms with E-state index in [4.69, 9.17) is 4.74 Å². The highest BCUT2D eigenvalue weighted by Crippen LogP contribution is 2.32. The number of para-hydroxylation sites is 1. The minimum atomic E-state index is 0.0980. The number of rotatable bonds is 4. The first kappa shape index (κ1) is 16.5. The number of benzene rings is 1. The first-order valence-electron chi connectivity index (χ1n) is 8.21. The number of piperazine rings is 1. The molecule has 3 rings (SSSR count). The van der Waals surface area contributed by atoms with Gasteiger partial charge in [0.25, 0.3) is 0 Å². The van der Waals surface area contributed by atoms with Gasteiger partial charge >= 0.3 is 0 Å². The van der Waals surface area contributed by atoms with Crippen LogP contribution in [0.15, 0.2) is 48.7 Å². The summed E-state index contributed by atoms with van der Waals surface area (Å²) in [6.07, 6.45) is 1.82. The largest absolute Gasteiger partial charge is 0.496 e. The van der Waals surface area contributed by atoms with E-state index in [2.05, 4.69) is 16.0 Å². The lowest BCUT2D eigenvalue weighted by atomic mass is 10.0. The van der Waals surface area contributed by atoms with Crippen molar-refractivity contribution in [1.82, 2.24) is 14.8 Å². The molecule has 1 fully saturated rings. The van der Waals surface area contributed by atoms with Crippen molar-refractivity contribution in [3.8, 4) is 5.75 Å². The Balaban J connectivity index is 1.90. The number of aromatic nitrogens is 1. The van der Waals surface area contributed by atoms with Crippen LogP contribution in [-0.2, 0) is 11.3 Å². The van der Waals surface area contributed by atoms with E-state index in [-0.39, 0.29) is 11.9 Å². The number of ether oxygens (including phenoxy) is 1. The van der Waals surface area contributed by atoms with Crippen molar-refractivity contribution in [2.24, 2.45) is 0 Å². The van der Waals surface area contributed by atoms with Crippen molar-refractivity contribution in [2.45, 2.75) is 19.5 Å². The highest BCUT2D eigenvalue weighted by molar-refractivity contribution is 5.73. The Hall–Kier alpha value is -2.40. The van der Waals surface area contributed by atoms with Crippen LogP contribution in [0.2, 0.25) is 0 Å². The number of pyridine rings is 1. The molecule has 1 aromatic carbocycles. The van der Waals surface area contributed by atoms with Gasteiger partial charge in [-0.15, -0.1) is 0 Å². The lowest BCUT2D eigenvalue weighted by molar-refractivity contribution is -0.132. The minimum absolute atomic E-state index is 0.0980. The zero-order chi connectivity index (χ0) is 16.9. The van der Waals surface area contributed by atoms with Crippen molar-refractivity contribution in [1.29, 1.82) is 0 Å². The maximum atomic E-state index is 11.9. The van der Waals surface area contributed by atoms with Gasteiger partial charge in [0.2, 0.25) is 5.91 Å². The molecule has 2 heterocycles. The quantitative estimate of drug-likeness (QED) is 0.866. The van der Waals surface area contributed by atoms with Crippen LogP contribution in [0.25, 0.3) is 0 Å². The summed E-state index contributed by atoms with van der Waals surface area (Å²) in [7, 11) is 1.69. The maximum Gasteiger partial charge on any atom is 0.219 e. The minimum Gasteiger partial charge on any atom is -0.496 e. The number of carbonyl (C=O) groups excluding carboxylic acids is 1. The van der Waals surface area contributed by atoms with Crippen LogP contribution in [0.4, 0.5) is 0 Å². The monoisotopic (exact) mass is 325 g/mol. The Morgan fingerprint density at radius 3 is 2.71 bits per heavy atom. The first-order chi connectivity index (χ1) is 11.7. The number of hydrogen-bond acceptors (Lipinski definition) is 4. The van der Waals surface area contributed by atoms with Crippen LogP contribution in [0.3, 0.4) is 0 Å². The third-order valence-electron chi connectivity index (χ3n) is 4.53. The summed E-state index contributed by atoms with van der Waals surface area (Å²) in [6, 6.07) is 14.1. The fourth-order valence-electron chi connectivity index (χ4n) is 3.23. The lowest BCUT2D eigenvalue weighted by Gasteiger charge is -2.41. The predicted octanol–water partition coefficient (Wildman–Crippen LogP) is 2.50. The second kappa shape index (κ2) is 7.45. The van der Waals surface area contributed by atoms with E-state index in [1.165, 1.54) is 0 Å². The molecule has 0 saturated carbocycles. The molecular weight excluding hydrogens is 302 g/mol. The molecule has 0 aliphatic carbocycles. The van der Waals surface area contributed by atoms with Gasteiger partial charge in [-0.1, -0.05) is 24.3 Å². The molecule has 5 heteroatoms. The van der Waals surface area contributed by atoms with E-state index in [1.807, 2.05) is 47.5 Å². The molecule has 1 amide bonds. The third-order valence-corrected chi connectivity index (χ3v) is 4.53. The van der Waals surface area contributed by atoms with Crippen molar-refractivity contribution >= 4 is 5.91 Å². The first-order valence-corrected chi connectivity index (χ1v) is 8.21. The molecule has 5 nitrogen and oxygen atoms in total. The van der Waals surface area contributed by atoms with Crippen molar-refractivity contribution in [3.05, 3.63) is 59.9 Å². The Kier molecular flexibility index (Phi) is 5.11. The average Bonchev–Trinajstić information content (AvgIpc) is 2.62. The predicted molar refractivity (Wildman–Crippen MR) is 92.6 cm³/mol. The number of methoxy groups -OCH3 is 1. The van der Waals surface area contributed by atoms with Gasteiger partial charge < -0.3 is 9.64 Å². The fraction of sp³-hybridized carbons (Fsp3) is 0.368. The highest BCUT2D eigenvalue weighted by atomic mass is 16.5. The van der Waals surface area contributed by atoms with E-state index in [9.17, 15) is 4.79 Å². The van der Waals surface area contributed by atoms with E-state index in [0.29, 0.717) is 6.54 Å². The summed E-state index contributed by atoms with van der Waals surface area (Å²) in [6.45, 7) is 4.62. The summed E-state index contributed by atoms with van der Waals surface area (Å²) in [5.74, 6) is 0.978. The highest BCUT2D eigenvalue weighted by Gasteiger charge is 2.31. The second-order valence-electron chi connectivity index (χ2n) is 6.01. The zero-order valence-corrected chi connectivity index (χ0v) is 14.2. The van der Waals surface area contributed by atoms with E-state index in [1.54, 1.807) is 14.0 Å². The zero-order valence-electron chi connectivity index (χ0n) is 14.2. The SMILES string of the molecule is COc1ccccc1[C@@H]1CN(C(C)=O)CCN1Cc1ccccn1. The molecule has 1 aliphatic rings. The van der Waals surface area contributed by atoms with Crippen LogP contribution in [-0.4, -0.2) is 47.4 Å². The summed E-state index contributed by atoms with van der Waals surface area (Å²) in [4.78, 5) is 20.6. The third kappa shape index (κ3) is 3.57. The molecule has 0 N–H and O–H groups in total. The van der Waals surface area contributed by atoms with Crippen LogP contribution >= 0.6 is 0 Å². The normalized spacial score (nSPS) is 18.4. The van der Waals surface area contributed by atoms with Gasteiger partial charge in [0.1, 0.15) is 5.75 Å². The Labute approximate surface area is 142 Å². The van der Waals surface area contributed by atoms with Crippen LogP contribution in [0.5, 0.6) is 5.75 Å². The number of nitrogens with zero attached hydrogens (tertiary/aromatic N) is 3. The van der Waals surface area contributed by atoms with Crippen molar-refractivity contribution < 1.29 is 9.53 Å². The van der Waals surface area contributed by atoms with Gasteiger partial charge in [0, 0.05) is 44.9 Å². The Morgan fingerprint density at radius 2 is 2.00 bits per heavy atom. The second-order valence-corrected chi connectivity index (χ2v) is 6.01. The average molecular weight is 325 g/mol. The molecule has 1 saturated heterocycles. The van der Waals surface area contributed by atoms with Gasteiger partial charge in [-0.05, 0) is 18.2 Å². The van der Waals surface area contributed by atoms with Crippen LogP contribution in [0, 0.1) is 0 Å². The number of carbonyl (C=O) groups is 1. The molecule has 0 bridgehead atoms. The van der Waals surface area contributed by atoms with Gasteiger partial charge in [-0.2, -0.15) is 0 Å². The molecule has 1 atom stereocenters. The molecule has 0 radical (unpaired) electrons. The molecule has 1 aliphatic heterocycles. The smallest absolute Gasteiger partial charge is 0.219 e. The molecule has 126 valence electrons. The standard InChI is InChI=1S/C19H23N3O2/c1-15(23)21-11-12-22(13-16-7-5-6-10-20-16)18(14-21)17-8-3-4-9-19(17)24-2/h3-10,18H,11-14H2,1-2H3/t18-/m0/s1. The molecular formula is C19H23N3O2. The Bertz CT molecular complexity index is 690. The number of amides is 1. The molecule has 0 spiro atoms. The van der Waals surface area contributed by atoms with Gasteiger partial charge in [0.15, 0.2) is 0 Å². The Morgan fingerprint density at radius 1 is 1.21 bits per heavy atom. The summed E-state index contributed by atoms with van der Waals surface area (Å²) >= 11 is 0. The molecule has 2 aromatic rings. The maximum absolute atomic E-state index is 11.9. The topological polar surface area (TPSA) is 45.7 Å². The lowest BCUT2D eigenvalue weighted by Crippen LogP contribution is -2.49. The van der Waals surface area contributed by atoms with E-state index >= 15 is 0 Å². The van der Waals surface area contributed by atoms with Crippen molar-refractivity contribution in [2.75, 3.05) is 26.7 Å².